The average molecular weight is 256 g/mol. The van der Waals surface area contributed by atoms with Crippen molar-refractivity contribution < 1.29 is 10.2 Å². The van der Waals surface area contributed by atoms with E-state index in [-0.39, 0.29) is 6.61 Å². The van der Waals surface area contributed by atoms with Gasteiger partial charge >= 0.3 is 0 Å². The monoisotopic (exact) mass is 256 g/mol. The fourth-order valence-corrected chi connectivity index (χ4v) is 2.36. The van der Waals surface area contributed by atoms with Gasteiger partial charge in [0.25, 0.3) is 0 Å². The average Bonchev–Trinajstić information content (AvgIpc) is 2.42. The van der Waals surface area contributed by atoms with Crippen LogP contribution in [0.15, 0.2) is 54.6 Å². The van der Waals surface area contributed by atoms with Crippen molar-refractivity contribution in [1.82, 2.24) is 0 Å². The smallest absolute Gasteiger partial charge is 0.0908 e. The third-order valence-electron chi connectivity index (χ3n) is 3.43. The molecule has 2 nitrogen and oxygen atoms in total. The van der Waals surface area contributed by atoms with Gasteiger partial charge in [0.05, 0.1) is 5.60 Å². The minimum Gasteiger partial charge on any atom is -0.396 e. The maximum atomic E-state index is 10.7. The van der Waals surface area contributed by atoms with Crippen LogP contribution in [0.1, 0.15) is 23.6 Å². The maximum Gasteiger partial charge on any atom is 0.0908 e. The highest BCUT2D eigenvalue weighted by Gasteiger charge is 2.24. The van der Waals surface area contributed by atoms with Crippen molar-refractivity contribution >= 4 is 0 Å². The van der Waals surface area contributed by atoms with Crippen LogP contribution >= 0.6 is 0 Å². The van der Waals surface area contributed by atoms with Crippen LogP contribution in [-0.4, -0.2) is 16.8 Å². The van der Waals surface area contributed by atoms with Gasteiger partial charge in [-0.25, -0.2) is 0 Å². The first-order chi connectivity index (χ1) is 9.13. The van der Waals surface area contributed by atoms with Crippen LogP contribution < -0.4 is 0 Å². The number of aliphatic hydroxyl groups excluding tert-OH is 1. The Labute approximate surface area is 114 Å². The Bertz CT molecular complexity index is 518. The predicted molar refractivity (Wildman–Crippen MR) is 76.9 cm³/mol. The van der Waals surface area contributed by atoms with E-state index in [4.69, 9.17) is 5.11 Å². The van der Waals surface area contributed by atoms with E-state index in [0.717, 1.165) is 16.7 Å². The van der Waals surface area contributed by atoms with E-state index >= 15 is 0 Å². The van der Waals surface area contributed by atoms with Crippen molar-refractivity contribution in [2.75, 3.05) is 6.61 Å². The fourth-order valence-electron chi connectivity index (χ4n) is 2.36. The van der Waals surface area contributed by atoms with Gasteiger partial charge in [0.15, 0.2) is 0 Å². The van der Waals surface area contributed by atoms with Crippen LogP contribution in [-0.2, 0) is 18.4 Å². The Morgan fingerprint density at radius 3 is 2.11 bits per heavy atom. The van der Waals surface area contributed by atoms with E-state index in [1.165, 1.54) is 0 Å². The van der Waals surface area contributed by atoms with Crippen LogP contribution in [0.4, 0.5) is 0 Å². The quantitative estimate of drug-likeness (QED) is 0.863. The summed E-state index contributed by atoms with van der Waals surface area (Å²) in [6, 6.07) is 17.6. The Kier molecular flexibility index (Phi) is 4.35. The van der Waals surface area contributed by atoms with Crippen molar-refractivity contribution in [2.45, 2.75) is 25.4 Å². The van der Waals surface area contributed by atoms with Gasteiger partial charge in [0.1, 0.15) is 0 Å². The molecule has 1 atom stereocenters. The second-order valence-electron chi connectivity index (χ2n) is 5.06. The molecule has 0 heterocycles. The van der Waals surface area contributed by atoms with Crippen molar-refractivity contribution in [3.05, 3.63) is 71.3 Å². The summed E-state index contributed by atoms with van der Waals surface area (Å²) in [5.74, 6) is 0. The first-order valence-electron chi connectivity index (χ1n) is 6.59. The van der Waals surface area contributed by atoms with Gasteiger partial charge in [-0.3, -0.25) is 0 Å². The molecule has 0 aliphatic heterocycles. The molecule has 0 saturated heterocycles. The van der Waals surface area contributed by atoms with Crippen LogP contribution in [0.2, 0.25) is 0 Å². The normalized spacial score (nSPS) is 14.1. The summed E-state index contributed by atoms with van der Waals surface area (Å²) < 4.78 is 0. The molecule has 2 aromatic rings. The topological polar surface area (TPSA) is 40.5 Å². The Morgan fingerprint density at radius 1 is 0.895 bits per heavy atom. The highest BCUT2D eigenvalue weighted by atomic mass is 16.3. The molecular formula is C17H20O2. The summed E-state index contributed by atoms with van der Waals surface area (Å²) >= 11 is 0. The second-order valence-corrected chi connectivity index (χ2v) is 5.06. The van der Waals surface area contributed by atoms with Crippen molar-refractivity contribution in [3.8, 4) is 0 Å². The molecule has 19 heavy (non-hydrogen) atoms. The summed E-state index contributed by atoms with van der Waals surface area (Å²) in [7, 11) is 0. The molecule has 0 amide bonds. The maximum absolute atomic E-state index is 10.7. The minimum absolute atomic E-state index is 0.129. The molecule has 0 fully saturated rings. The molecule has 2 rings (SSSR count). The highest BCUT2D eigenvalue weighted by Crippen LogP contribution is 2.26. The summed E-state index contributed by atoms with van der Waals surface area (Å²) in [4.78, 5) is 0. The molecule has 2 heteroatoms. The molecule has 2 aromatic carbocycles. The minimum atomic E-state index is -0.896. The first-order valence-corrected chi connectivity index (χ1v) is 6.59. The van der Waals surface area contributed by atoms with Crippen LogP contribution in [0, 0.1) is 0 Å². The lowest BCUT2D eigenvalue weighted by atomic mass is 9.87. The molecule has 0 aliphatic rings. The molecule has 0 radical (unpaired) electrons. The van der Waals surface area contributed by atoms with E-state index in [1.54, 1.807) is 0 Å². The lowest BCUT2D eigenvalue weighted by Crippen LogP contribution is -2.24. The Balaban J connectivity index is 2.25. The number of hydrogen-bond donors (Lipinski definition) is 2. The molecule has 100 valence electrons. The number of aliphatic hydroxyl groups is 2. The van der Waals surface area contributed by atoms with Crippen LogP contribution in [0.25, 0.3) is 0 Å². The van der Waals surface area contributed by atoms with E-state index < -0.39 is 5.60 Å². The van der Waals surface area contributed by atoms with Gasteiger partial charge in [-0.1, -0.05) is 54.6 Å². The van der Waals surface area contributed by atoms with Crippen molar-refractivity contribution in [3.63, 3.8) is 0 Å². The number of benzene rings is 2. The molecule has 0 bridgehead atoms. The summed E-state index contributed by atoms with van der Waals surface area (Å²) in [6.07, 6.45) is 1.17. The molecule has 0 aliphatic carbocycles. The van der Waals surface area contributed by atoms with Crippen molar-refractivity contribution in [2.24, 2.45) is 0 Å². The number of hydrogen-bond acceptors (Lipinski definition) is 2. The predicted octanol–water partition coefficient (Wildman–Crippen LogP) is 2.67. The summed E-state index contributed by atoms with van der Waals surface area (Å²) in [5.41, 5.74) is 2.20. The third-order valence-corrected chi connectivity index (χ3v) is 3.43. The second kappa shape index (κ2) is 6.00. The van der Waals surface area contributed by atoms with Crippen LogP contribution in [0.5, 0.6) is 0 Å². The lowest BCUT2D eigenvalue weighted by Gasteiger charge is -2.25. The fraction of sp³-hybridized carbons (Fsp3) is 0.294. The van der Waals surface area contributed by atoms with Crippen LogP contribution in [0.3, 0.4) is 0 Å². The van der Waals surface area contributed by atoms with E-state index in [1.807, 2.05) is 61.5 Å². The third kappa shape index (κ3) is 3.43. The van der Waals surface area contributed by atoms with Gasteiger partial charge in [-0.2, -0.15) is 0 Å². The zero-order valence-electron chi connectivity index (χ0n) is 11.2. The van der Waals surface area contributed by atoms with E-state index in [2.05, 4.69) is 0 Å². The first kappa shape index (κ1) is 13.8. The number of rotatable bonds is 5. The lowest BCUT2D eigenvalue weighted by molar-refractivity contribution is 0.0573. The molecule has 0 spiro atoms. The standard InChI is InChI=1S/C17H20O2/c1-17(19,16-9-3-2-4-10-16)13-15-8-6-5-7-14(15)11-12-18/h2-10,18-19H,11-13H2,1H3. The summed E-state index contributed by atoms with van der Waals surface area (Å²) in [5, 5.41) is 19.8. The molecule has 0 aromatic heterocycles. The summed E-state index contributed by atoms with van der Waals surface area (Å²) in [6.45, 7) is 1.96. The molecule has 1 unspecified atom stereocenters. The zero-order chi connectivity index (χ0) is 13.7. The Morgan fingerprint density at radius 2 is 1.47 bits per heavy atom. The van der Waals surface area contributed by atoms with Gasteiger partial charge in [-0.05, 0) is 30.0 Å². The van der Waals surface area contributed by atoms with Gasteiger partial charge in [0.2, 0.25) is 0 Å². The Hall–Kier alpha value is -1.64. The SMILES string of the molecule is CC(O)(Cc1ccccc1CCO)c1ccccc1. The molecule has 2 N–H and O–H groups in total. The van der Waals surface area contributed by atoms with Gasteiger partial charge < -0.3 is 10.2 Å². The van der Waals surface area contributed by atoms with E-state index in [9.17, 15) is 5.11 Å². The van der Waals surface area contributed by atoms with Crippen molar-refractivity contribution in [1.29, 1.82) is 0 Å². The van der Waals surface area contributed by atoms with Gasteiger partial charge in [-0.15, -0.1) is 0 Å². The molecule has 0 saturated carbocycles. The van der Waals surface area contributed by atoms with E-state index in [0.29, 0.717) is 12.8 Å². The zero-order valence-corrected chi connectivity index (χ0v) is 11.2. The largest absolute Gasteiger partial charge is 0.396 e. The molecular weight excluding hydrogens is 236 g/mol. The van der Waals surface area contributed by atoms with Gasteiger partial charge in [0, 0.05) is 13.0 Å². The highest BCUT2D eigenvalue weighted by molar-refractivity contribution is 5.31.